The monoisotopic (exact) mass is 1080 g/mol. The van der Waals surface area contributed by atoms with E-state index in [0.717, 1.165) is 55.2 Å². The van der Waals surface area contributed by atoms with Crippen LogP contribution in [0.3, 0.4) is 0 Å². The van der Waals surface area contributed by atoms with E-state index in [4.69, 9.17) is 40.0 Å². The Hall–Kier alpha value is -4.45. The fourth-order valence-corrected chi connectivity index (χ4v) is 9.57. The Morgan fingerprint density at radius 2 is 0.763 bits per heavy atom. The predicted molar refractivity (Wildman–Crippen MR) is 307 cm³/mol. The highest BCUT2D eigenvalue weighted by Gasteiger charge is 2.34. The summed E-state index contributed by atoms with van der Waals surface area (Å²) in [5.74, 6) is -0.948. The van der Waals surface area contributed by atoms with Gasteiger partial charge in [-0.15, -0.1) is 11.6 Å². The molecule has 0 bridgehead atoms. The van der Waals surface area contributed by atoms with Crippen LogP contribution in [-0.4, -0.2) is 82.7 Å². The molecule has 0 heterocycles. The first-order chi connectivity index (χ1) is 37.3. The van der Waals surface area contributed by atoms with E-state index in [1.807, 2.05) is 84.9 Å². The van der Waals surface area contributed by atoms with Gasteiger partial charge in [0.05, 0.1) is 38.9 Å². The van der Waals surface area contributed by atoms with Crippen molar-refractivity contribution in [1.29, 1.82) is 0 Å². The van der Waals surface area contributed by atoms with Crippen LogP contribution in [-0.2, 0) is 47.7 Å². The number of esters is 3. The molecule has 1 N–H and O–H groups in total. The summed E-state index contributed by atoms with van der Waals surface area (Å²) < 4.78 is 33.5. The Bertz CT molecular complexity index is 1810. The molecule has 0 aromatic heterocycles. The first kappa shape index (κ1) is 65.8. The Morgan fingerprint density at radius 3 is 1.18 bits per heavy atom. The zero-order chi connectivity index (χ0) is 54.4. The van der Waals surface area contributed by atoms with E-state index in [9.17, 15) is 19.2 Å². The summed E-state index contributed by atoms with van der Waals surface area (Å²) in [6.45, 7) is 5.82. The Balaban J connectivity index is 1.27. The van der Waals surface area contributed by atoms with Crippen molar-refractivity contribution in [2.24, 2.45) is 0 Å². The second kappa shape index (κ2) is 44.5. The number of hydrogen-bond donors (Lipinski definition) is 1. The summed E-state index contributed by atoms with van der Waals surface area (Å²) >= 11 is 7.40. The number of halogens is 1. The molecule has 76 heavy (non-hydrogen) atoms. The number of ether oxygens (including phenoxy) is 6. The van der Waals surface area contributed by atoms with Gasteiger partial charge in [-0.05, 0) is 41.7 Å². The number of amides is 1. The fraction of sp³-hybridized carbons (Fsp3) is 0.656. The van der Waals surface area contributed by atoms with Gasteiger partial charge in [0.2, 0.25) is 5.91 Å². The lowest BCUT2D eigenvalue weighted by atomic mass is 9.84. The third-order valence-electron chi connectivity index (χ3n) is 13.7. The average molecular weight is 1080 g/mol. The number of unbranched alkanes of at least 4 members (excludes halogenated alkanes) is 24. The van der Waals surface area contributed by atoms with E-state index < -0.39 is 22.8 Å². The summed E-state index contributed by atoms with van der Waals surface area (Å²) in [7, 11) is 0. The van der Waals surface area contributed by atoms with Crippen LogP contribution in [0.2, 0.25) is 0 Å². The maximum atomic E-state index is 13.0. The minimum atomic E-state index is -0.848. The van der Waals surface area contributed by atoms with Crippen LogP contribution in [0.25, 0.3) is 0 Å². The summed E-state index contributed by atoms with van der Waals surface area (Å²) in [6, 6.07) is 27.1. The van der Waals surface area contributed by atoms with Gasteiger partial charge in [-0.3, -0.25) is 19.2 Å². The molecule has 0 saturated heterocycles. The SMILES string of the molecule is CCCCCCCCCCCCCCCC(=O)OCC(COC(=O)CCCCCCCCCCCCCCC)NC(=O)CCC(=O)OCCOCCOCCOc1ccc(C(Cl)(c2ccccc2)c2ccccc2)cc1. The van der Waals surface area contributed by atoms with Crippen molar-refractivity contribution in [3.05, 3.63) is 102 Å². The molecule has 1 amide bonds. The molecule has 0 spiro atoms. The van der Waals surface area contributed by atoms with E-state index in [0.29, 0.717) is 45.0 Å². The quantitative estimate of drug-likeness (QED) is 0.0191. The number of benzene rings is 3. The van der Waals surface area contributed by atoms with E-state index in [1.54, 1.807) is 0 Å². The lowest BCUT2D eigenvalue weighted by Crippen LogP contribution is -2.42. The molecule has 0 atom stereocenters. The molecule has 3 rings (SSSR count). The first-order valence-corrected chi connectivity index (χ1v) is 30.1. The van der Waals surface area contributed by atoms with E-state index >= 15 is 0 Å². The van der Waals surface area contributed by atoms with Gasteiger partial charge in [0.15, 0.2) is 0 Å². The van der Waals surface area contributed by atoms with Crippen LogP contribution < -0.4 is 10.1 Å². The zero-order valence-corrected chi connectivity index (χ0v) is 47.7. The van der Waals surface area contributed by atoms with Gasteiger partial charge in [0, 0.05) is 19.3 Å². The van der Waals surface area contributed by atoms with Gasteiger partial charge >= 0.3 is 17.9 Å². The standard InChI is InChI=1S/C64H98ClNO10/c1-3-5-7-9-11-13-15-17-19-21-23-25-33-39-61(68)75-53-58(54-76-62(69)40-34-26-24-22-20-18-16-14-12-10-8-6-4-2)66-60(67)45-46-63(70)74-52-50-72-48-47-71-49-51-73-59-43-41-57(42-44-59)64(65,55-35-29-27-30-36-55)56-37-31-28-32-38-56/h27-32,35-38,41-44,58H,3-26,33-34,39-40,45-54H2,1-2H3,(H,66,67). The minimum absolute atomic E-state index is 0.0325. The molecule has 3 aromatic carbocycles. The highest BCUT2D eigenvalue weighted by Crippen LogP contribution is 2.43. The summed E-state index contributed by atoms with van der Waals surface area (Å²) in [5, 5.41) is 2.80. The molecular formula is C64H98ClNO10. The molecule has 0 aliphatic heterocycles. The maximum absolute atomic E-state index is 13.0. The Morgan fingerprint density at radius 1 is 0.408 bits per heavy atom. The number of alkyl halides is 1. The van der Waals surface area contributed by atoms with Crippen molar-refractivity contribution >= 4 is 35.4 Å². The maximum Gasteiger partial charge on any atom is 0.306 e. The van der Waals surface area contributed by atoms with Gasteiger partial charge in [0.1, 0.15) is 37.1 Å². The van der Waals surface area contributed by atoms with Crippen molar-refractivity contribution < 1.29 is 47.6 Å². The van der Waals surface area contributed by atoms with Crippen LogP contribution in [0.1, 0.15) is 223 Å². The number of hydrogen-bond acceptors (Lipinski definition) is 10. The lowest BCUT2D eigenvalue weighted by molar-refractivity contribution is -0.149. The number of rotatable bonds is 49. The average Bonchev–Trinajstić information content (AvgIpc) is 3.45. The van der Waals surface area contributed by atoms with Crippen molar-refractivity contribution in [3.63, 3.8) is 0 Å². The van der Waals surface area contributed by atoms with E-state index in [1.165, 1.54) is 128 Å². The van der Waals surface area contributed by atoms with Crippen molar-refractivity contribution in [1.82, 2.24) is 5.32 Å². The zero-order valence-electron chi connectivity index (χ0n) is 47.0. The van der Waals surface area contributed by atoms with Crippen LogP contribution in [0.15, 0.2) is 84.9 Å². The first-order valence-electron chi connectivity index (χ1n) is 29.7. The molecule has 0 fully saturated rings. The minimum Gasteiger partial charge on any atom is -0.491 e. The largest absolute Gasteiger partial charge is 0.491 e. The molecular weight excluding hydrogens is 978 g/mol. The molecule has 0 saturated carbocycles. The van der Waals surface area contributed by atoms with Gasteiger partial charge in [-0.1, -0.05) is 241 Å². The fourth-order valence-electron chi connectivity index (χ4n) is 9.20. The van der Waals surface area contributed by atoms with E-state index in [-0.39, 0.29) is 51.2 Å². The lowest BCUT2D eigenvalue weighted by Gasteiger charge is -2.29. The van der Waals surface area contributed by atoms with Crippen molar-refractivity contribution in [2.45, 2.75) is 217 Å². The molecule has 0 aliphatic rings. The number of carbonyl (C=O) groups excluding carboxylic acids is 4. The number of carbonyl (C=O) groups is 4. The molecule has 426 valence electrons. The molecule has 12 heteroatoms. The molecule has 0 aliphatic carbocycles. The number of nitrogens with one attached hydrogen (secondary N) is 1. The highest BCUT2D eigenvalue weighted by molar-refractivity contribution is 6.28. The Labute approximate surface area is 464 Å². The van der Waals surface area contributed by atoms with Gasteiger partial charge in [-0.2, -0.15) is 0 Å². The van der Waals surface area contributed by atoms with Gasteiger partial charge in [-0.25, -0.2) is 0 Å². The van der Waals surface area contributed by atoms with Crippen molar-refractivity contribution in [3.8, 4) is 5.75 Å². The molecule has 0 unspecified atom stereocenters. The summed E-state index contributed by atoms with van der Waals surface area (Å²) in [4.78, 5) is 50.0. The highest BCUT2D eigenvalue weighted by atomic mass is 35.5. The second-order valence-electron chi connectivity index (χ2n) is 20.3. The normalized spacial score (nSPS) is 11.4. The third kappa shape index (κ3) is 31.7. The summed E-state index contributed by atoms with van der Waals surface area (Å²) in [5.41, 5.74) is 2.90. The smallest absolute Gasteiger partial charge is 0.306 e. The third-order valence-corrected chi connectivity index (χ3v) is 14.4. The second-order valence-corrected chi connectivity index (χ2v) is 20.9. The van der Waals surface area contributed by atoms with Gasteiger partial charge in [0.25, 0.3) is 0 Å². The van der Waals surface area contributed by atoms with Crippen LogP contribution >= 0.6 is 11.6 Å². The molecule has 11 nitrogen and oxygen atoms in total. The van der Waals surface area contributed by atoms with Crippen LogP contribution in [0.4, 0.5) is 0 Å². The Kier molecular flexibility index (Phi) is 38.6. The van der Waals surface area contributed by atoms with Crippen LogP contribution in [0, 0.1) is 0 Å². The molecule has 3 aromatic rings. The molecule has 0 radical (unpaired) electrons. The predicted octanol–water partition coefficient (Wildman–Crippen LogP) is 15.5. The van der Waals surface area contributed by atoms with E-state index in [2.05, 4.69) is 19.2 Å². The topological polar surface area (TPSA) is 136 Å². The van der Waals surface area contributed by atoms with Crippen molar-refractivity contribution in [2.75, 3.05) is 52.9 Å². The summed E-state index contributed by atoms with van der Waals surface area (Å²) in [6.07, 6.45) is 32.0. The van der Waals surface area contributed by atoms with Gasteiger partial charge < -0.3 is 33.7 Å². The van der Waals surface area contributed by atoms with Crippen LogP contribution in [0.5, 0.6) is 5.75 Å².